The second-order valence-corrected chi connectivity index (χ2v) is 9.72. The van der Waals surface area contributed by atoms with Crippen molar-refractivity contribution in [3.63, 3.8) is 0 Å². The lowest BCUT2D eigenvalue weighted by Crippen LogP contribution is -2.28. The monoisotopic (exact) mass is 456 g/mol. The van der Waals surface area contributed by atoms with Crippen molar-refractivity contribution in [2.45, 2.75) is 31.2 Å². The molecule has 0 aliphatic carbocycles. The molecule has 0 bridgehead atoms. The molecule has 31 heavy (non-hydrogen) atoms. The SMILES string of the molecule is CC[C@H](NC(=O)c1ccc(N(C)S(=O)(=O)c2ccc(Cl)cc2)cc1)c1ccc(C)cc1. The molecule has 0 saturated carbocycles. The van der Waals surface area contributed by atoms with Crippen LogP contribution in [-0.4, -0.2) is 21.4 Å². The molecular weight excluding hydrogens is 432 g/mol. The van der Waals surface area contributed by atoms with E-state index in [9.17, 15) is 13.2 Å². The number of nitrogens with one attached hydrogen (secondary N) is 1. The molecule has 3 aromatic carbocycles. The van der Waals surface area contributed by atoms with Gasteiger partial charge in [0.2, 0.25) is 0 Å². The molecule has 0 radical (unpaired) electrons. The van der Waals surface area contributed by atoms with Gasteiger partial charge in [0.1, 0.15) is 0 Å². The summed E-state index contributed by atoms with van der Waals surface area (Å²) >= 11 is 5.85. The minimum atomic E-state index is -3.73. The molecule has 0 heterocycles. The number of benzene rings is 3. The molecule has 1 atom stereocenters. The standard InChI is InChI=1S/C24H25ClN2O3S/c1-4-23(18-7-5-17(2)6-8-18)26-24(28)19-9-13-21(14-10-19)27(3)31(29,30)22-15-11-20(25)12-16-22/h5-16,23H,4H2,1-3H3,(H,26,28)/t23-/m0/s1. The lowest BCUT2D eigenvalue weighted by Gasteiger charge is -2.20. The molecule has 3 aromatic rings. The summed E-state index contributed by atoms with van der Waals surface area (Å²) in [5, 5.41) is 3.51. The number of amides is 1. The Morgan fingerprint density at radius 1 is 0.968 bits per heavy atom. The molecule has 3 rings (SSSR count). The first-order valence-electron chi connectivity index (χ1n) is 9.94. The summed E-state index contributed by atoms with van der Waals surface area (Å²) in [6, 6.07) is 20.5. The van der Waals surface area contributed by atoms with Crippen molar-refractivity contribution in [1.82, 2.24) is 5.32 Å². The number of anilines is 1. The third kappa shape index (κ3) is 5.27. The Balaban J connectivity index is 1.74. The Kier molecular flexibility index (Phi) is 7.03. The fraction of sp³-hybridized carbons (Fsp3) is 0.208. The number of halogens is 1. The van der Waals surface area contributed by atoms with Crippen molar-refractivity contribution in [3.8, 4) is 0 Å². The molecule has 5 nitrogen and oxygen atoms in total. The van der Waals surface area contributed by atoms with Crippen LogP contribution in [0.4, 0.5) is 5.69 Å². The second kappa shape index (κ2) is 9.54. The van der Waals surface area contributed by atoms with Crippen molar-refractivity contribution in [2.24, 2.45) is 0 Å². The van der Waals surface area contributed by atoms with Crippen LogP contribution in [0, 0.1) is 6.92 Å². The van der Waals surface area contributed by atoms with E-state index in [0.29, 0.717) is 16.3 Å². The van der Waals surface area contributed by atoms with Crippen LogP contribution in [0.3, 0.4) is 0 Å². The third-order valence-corrected chi connectivity index (χ3v) is 7.21. The number of aryl methyl sites for hydroxylation is 1. The zero-order valence-corrected chi connectivity index (χ0v) is 19.2. The Bertz CT molecular complexity index is 1140. The smallest absolute Gasteiger partial charge is 0.264 e. The zero-order chi connectivity index (χ0) is 22.6. The largest absolute Gasteiger partial charge is 0.345 e. The molecule has 0 aromatic heterocycles. The first-order valence-corrected chi connectivity index (χ1v) is 11.8. The molecule has 1 amide bonds. The summed E-state index contributed by atoms with van der Waals surface area (Å²) in [5.41, 5.74) is 3.13. The van der Waals surface area contributed by atoms with Crippen LogP contribution >= 0.6 is 11.6 Å². The van der Waals surface area contributed by atoms with Crippen molar-refractivity contribution >= 4 is 33.2 Å². The van der Waals surface area contributed by atoms with Crippen LogP contribution in [0.25, 0.3) is 0 Å². The Morgan fingerprint density at radius 3 is 2.10 bits per heavy atom. The average Bonchev–Trinajstić information content (AvgIpc) is 2.78. The number of carbonyl (C=O) groups is 1. The van der Waals surface area contributed by atoms with E-state index in [0.717, 1.165) is 17.5 Å². The van der Waals surface area contributed by atoms with Crippen molar-refractivity contribution in [2.75, 3.05) is 11.4 Å². The minimum Gasteiger partial charge on any atom is -0.345 e. The zero-order valence-electron chi connectivity index (χ0n) is 17.7. The second-order valence-electron chi connectivity index (χ2n) is 7.32. The van der Waals surface area contributed by atoms with E-state index >= 15 is 0 Å². The van der Waals surface area contributed by atoms with Crippen LogP contribution in [0.5, 0.6) is 0 Å². The van der Waals surface area contributed by atoms with E-state index < -0.39 is 10.0 Å². The molecule has 0 saturated heterocycles. The summed E-state index contributed by atoms with van der Waals surface area (Å²) in [7, 11) is -2.25. The highest BCUT2D eigenvalue weighted by molar-refractivity contribution is 7.92. The fourth-order valence-electron chi connectivity index (χ4n) is 3.19. The summed E-state index contributed by atoms with van der Waals surface area (Å²) in [4.78, 5) is 12.9. The summed E-state index contributed by atoms with van der Waals surface area (Å²) in [5.74, 6) is -0.206. The lowest BCUT2D eigenvalue weighted by atomic mass is 10.0. The first-order chi connectivity index (χ1) is 14.7. The van der Waals surface area contributed by atoms with Gasteiger partial charge in [-0.2, -0.15) is 0 Å². The predicted octanol–water partition coefficient (Wildman–Crippen LogP) is 5.35. The maximum Gasteiger partial charge on any atom is 0.264 e. The fourth-order valence-corrected chi connectivity index (χ4v) is 4.51. The van der Waals surface area contributed by atoms with Crippen molar-refractivity contribution in [1.29, 1.82) is 0 Å². The molecule has 7 heteroatoms. The van der Waals surface area contributed by atoms with E-state index in [2.05, 4.69) is 5.32 Å². The normalized spacial score (nSPS) is 12.3. The first kappa shape index (κ1) is 22.8. The highest BCUT2D eigenvalue weighted by Gasteiger charge is 2.22. The van der Waals surface area contributed by atoms with Gasteiger partial charge in [0.15, 0.2) is 0 Å². The van der Waals surface area contributed by atoms with Gasteiger partial charge in [-0.15, -0.1) is 0 Å². The molecule has 162 valence electrons. The number of rotatable bonds is 7. The van der Waals surface area contributed by atoms with E-state index in [1.54, 1.807) is 24.3 Å². The molecule has 0 unspecified atom stereocenters. The Hall–Kier alpha value is -2.83. The lowest BCUT2D eigenvalue weighted by molar-refractivity contribution is 0.0935. The Morgan fingerprint density at radius 2 is 1.55 bits per heavy atom. The average molecular weight is 457 g/mol. The van der Waals surface area contributed by atoms with Crippen molar-refractivity contribution < 1.29 is 13.2 Å². The van der Waals surface area contributed by atoms with E-state index in [4.69, 9.17) is 11.6 Å². The topological polar surface area (TPSA) is 66.5 Å². The van der Waals surface area contributed by atoms with Crippen LogP contribution in [0.1, 0.15) is 40.9 Å². The van der Waals surface area contributed by atoms with Gasteiger partial charge in [-0.05, 0) is 67.4 Å². The predicted molar refractivity (Wildman–Crippen MR) is 125 cm³/mol. The highest BCUT2D eigenvalue weighted by Crippen LogP contribution is 2.24. The van der Waals surface area contributed by atoms with Crippen LogP contribution in [0.15, 0.2) is 77.7 Å². The number of hydrogen-bond acceptors (Lipinski definition) is 3. The maximum atomic E-state index is 12.8. The molecular formula is C24H25ClN2O3S. The van der Waals surface area contributed by atoms with E-state index in [1.807, 2.05) is 38.1 Å². The number of sulfonamides is 1. The summed E-state index contributed by atoms with van der Waals surface area (Å²) < 4.78 is 26.8. The third-order valence-electron chi connectivity index (χ3n) is 5.16. The summed E-state index contributed by atoms with van der Waals surface area (Å²) in [6.45, 7) is 4.04. The van der Waals surface area contributed by atoms with Crippen LogP contribution < -0.4 is 9.62 Å². The van der Waals surface area contributed by atoms with Gasteiger partial charge in [0.25, 0.3) is 15.9 Å². The van der Waals surface area contributed by atoms with Crippen LogP contribution in [0.2, 0.25) is 5.02 Å². The van der Waals surface area contributed by atoms with Gasteiger partial charge < -0.3 is 5.32 Å². The van der Waals surface area contributed by atoms with E-state index in [-0.39, 0.29) is 16.8 Å². The number of nitrogens with zero attached hydrogens (tertiary/aromatic N) is 1. The molecule has 0 aliphatic rings. The van der Waals surface area contributed by atoms with Crippen molar-refractivity contribution in [3.05, 3.63) is 94.5 Å². The van der Waals surface area contributed by atoms with Gasteiger partial charge in [-0.25, -0.2) is 8.42 Å². The van der Waals surface area contributed by atoms with Crippen LogP contribution in [-0.2, 0) is 10.0 Å². The van der Waals surface area contributed by atoms with Gasteiger partial charge in [0, 0.05) is 17.6 Å². The number of hydrogen-bond donors (Lipinski definition) is 1. The van der Waals surface area contributed by atoms with Gasteiger partial charge in [-0.1, -0.05) is 48.4 Å². The molecule has 0 spiro atoms. The quantitative estimate of drug-likeness (QED) is 0.520. The summed E-state index contributed by atoms with van der Waals surface area (Å²) in [6.07, 6.45) is 0.759. The molecule has 0 aliphatic heterocycles. The maximum absolute atomic E-state index is 12.8. The highest BCUT2D eigenvalue weighted by atomic mass is 35.5. The molecule has 0 fully saturated rings. The van der Waals surface area contributed by atoms with E-state index in [1.165, 1.54) is 35.6 Å². The van der Waals surface area contributed by atoms with Gasteiger partial charge >= 0.3 is 0 Å². The molecule has 1 N–H and O–H groups in total. The minimum absolute atomic E-state index is 0.0965. The van der Waals surface area contributed by atoms with Gasteiger partial charge in [0.05, 0.1) is 16.6 Å². The van der Waals surface area contributed by atoms with Gasteiger partial charge in [-0.3, -0.25) is 9.10 Å². The number of carbonyl (C=O) groups excluding carboxylic acids is 1. The Labute approximate surface area is 188 Å².